The number of aliphatic hydroxyl groups is 7. The number of nitrogens with zero attached hydrogens (tertiary/aromatic N) is 1. The molecule has 7 N–H and O–H groups in total. The highest BCUT2D eigenvalue weighted by Gasteiger charge is 2.51. The van der Waals surface area contributed by atoms with Gasteiger partial charge in [-0.05, 0) is 12.1 Å². The van der Waals surface area contributed by atoms with Gasteiger partial charge in [0.1, 0.15) is 54.6 Å². The summed E-state index contributed by atoms with van der Waals surface area (Å²) in [4.78, 5) is 10.2. The molecule has 2 aliphatic rings. The van der Waals surface area contributed by atoms with Gasteiger partial charge in [0.25, 0.3) is 5.69 Å². The molecule has 0 aliphatic carbocycles. The van der Waals surface area contributed by atoms with Gasteiger partial charge in [-0.25, -0.2) is 0 Å². The highest BCUT2D eigenvalue weighted by Crippen LogP contribution is 2.30. The Morgan fingerprint density at radius 3 is 1.94 bits per heavy atom. The summed E-state index contributed by atoms with van der Waals surface area (Å²) < 4.78 is 21.5. The molecule has 2 aliphatic heterocycles. The van der Waals surface area contributed by atoms with Crippen LogP contribution in [0.25, 0.3) is 0 Å². The number of benzene rings is 1. The lowest BCUT2D eigenvalue weighted by Gasteiger charge is -2.45. The number of rotatable bonds is 7. The Balaban J connectivity index is 1.76. The van der Waals surface area contributed by atoms with E-state index < -0.39 is 79.5 Å². The molecule has 180 valence electrons. The molecule has 0 radical (unpaired) electrons. The van der Waals surface area contributed by atoms with E-state index in [1.807, 2.05) is 0 Å². The van der Waals surface area contributed by atoms with Crippen LogP contribution in [0.15, 0.2) is 24.3 Å². The van der Waals surface area contributed by atoms with Gasteiger partial charge in [-0.2, -0.15) is 0 Å². The summed E-state index contributed by atoms with van der Waals surface area (Å²) in [7, 11) is 0. The Labute approximate surface area is 180 Å². The SMILES string of the molecule is O=[N+]([O-])c1ccc(O[C@H]2O[C@H](CO)[C@@H](O)[C@H](O[C@H]3O[C@H](CO)[C@@H](O)[C@H](O)[C@H]3O)[C@H]2O)cc1. The van der Waals surface area contributed by atoms with Crippen molar-refractivity contribution < 1.29 is 59.6 Å². The third-order valence-corrected chi connectivity index (χ3v) is 5.26. The molecule has 10 atom stereocenters. The molecule has 3 rings (SSSR count). The van der Waals surface area contributed by atoms with Crippen molar-refractivity contribution >= 4 is 5.69 Å². The second-order valence-corrected chi connectivity index (χ2v) is 7.37. The first-order valence-corrected chi connectivity index (χ1v) is 9.67. The third kappa shape index (κ3) is 4.99. The van der Waals surface area contributed by atoms with Crippen LogP contribution in [-0.2, 0) is 14.2 Å². The Hall–Kier alpha value is -1.98. The lowest BCUT2D eigenvalue weighted by molar-refractivity contribution is -0.384. The molecule has 2 heterocycles. The van der Waals surface area contributed by atoms with Gasteiger partial charge < -0.3 is 54.7 Å². The van der Waals surface area contributed by atoms with Crippen LogP contribution < -0.4 is 4.74 Å². The summed E-state index contributed by atoms with van der Waals surface area (Å²) in [6, 6.07) is 4.82. The Bertz CT molecular complexity index is 762. The quantitative estimate of drug-likeness (QED) is 0.155. The molecule has 32 heavy (non-hydrogen) atoms. The molecule has 14 heteroatoms. The van der Waals surface area contributed by atoms with Crippen LogP contribution in [0.2, 0.25) is 0 Å². The van der Waals surface area contributed by atoms with Gasteiger partial charge in [-0.3, -0.25) is 10.1 Å². The Morgan fingerprint density at radius 1 is 0.812 bits per heavy atom. The van der Waals surface area contributed by atoms with E-state index in [4.69, 9.17) is 18.9 Å². The molecule has 0 aromatic heterocycles. The average molecular weight is 463 g/mol. The second-order valence-electron chi connectivity index (χ2n) is 7.37. The van der Waals surface area contributed by atoms with Crippen LogP contribution in [0.1, 0.15) is 0 Å². The standard InChI is InChI=1S/C18H25NO13/c20-5-9-11(22)13(24)14(25)17(30-9)32-16-12(23)10(6-21)31-18(15(16)26)29-8-3-1-7(2-4-8)19(27)28/h1-4,9-18,20-26H,5-6H2/t9-,10-,11-,12-,13+,14-,15-,16+,17-,18+/m1/s1. The summed E-state index contributed by atoms with van der Waals surface area (Å²) in [6.07, 6.45) is -15.8. The topological polar surface area (TPSA) is 222 Å². The van der Waals surface area contributed by atoms with E-state index in [-0.39, 0.29) is 11.4 Å². The van der Waals surface area contributed by atoms with Crippen LogP contribution in [0.5, 0.6) is 5.75 Å². The van der Waals surface area contributed by atoms with Crippen molar-refractivity contribution in [2.45, 2.75) is 61.4 Å². The fraction of sp³-hybridized carbons (Fsp3) is 0.667. The number of non-ortho nitro benzene ring substituents is 1. The predicted octanol–water partition coefficient (Wildman–Crippen LogP) is -3.40. The van der Waals surface area contributed by atoms with Crippen LogP contribution in [0.3, 0.4) is 0 Å². The van der Waals surface area contributed by atoms with Gasteiger partial charge in [0, 0.05) is 12.1 Å². The molecular formula is C18H25NO13. The van der Waals surface area contributed by atoms with Crippen molar-refractivity contribution in [3.8, 4) is 5.75 Å². The van der Waals surface area contributed by atoms with E-state index in [0.717, 1.165) is 12.1 Å². The number of nitro groups is 1. The number of hydrogen-bond donors (Lipinski definition) is 7. The average Bonchev–Trinajstić information content (AvgIpc) is 2.78. The van der Waals surface area contributed by atoms with Gasteiger partial charge in [-0.1, -0.05) is 0 Å². The number of aliphatic hydroxyl groups excluding tert-OH is 7. The Kier molecular flexibility index (Phi) is 7.94. The van der Waals surface area contributed by atoms with Gasteiger partial charge in [0.15, 0.2) is 6.29 Å². The fourth-order valence-corrected chi connectivity index (χ4v) is 3.43. The molecule has 0 saturated carbocycles. The predicted molar refractivity (Wildman–Crippen MR) is 100 cm³/mol. The van der Waals surface area contributed by atoms with E-state index in [0.29, 0.717) is 0 Å². The zero-order valence-corrected chi connectivity index (χ0v) is 16.5. The molecule has 0 unspecified atom stereocenters. The molecule has 1 aromatic carbocycles. The largest absolute Gasteiger partial charge is 0.462 e. The van der Waals surface area contributed by atoms with Crippen molar-refractivity contribution in [1.29, 1.82) is 0 Å². The molecular weight excluding hydrogens is 438 g/mol. The van der Waals surface area contributed by atoms with Gasteiger partial charge in [-0.15, -0.1) is 0 Å². The molecule has 14 nitrogen and oxygen atoms in total. The maximum Gasteiger partial charge on any atom is 0.269 e. The van der Waals surface area contributed by atoms with Crippen LogP contribution in [0.4, 0.5) is 5.69 Å². The molecule has 2 fully saturated rings. The number of nitro benzene ring substituents is 1. The van der Waals surface area contributed by atoms with Crippen molar-refractivity contribution in [1.82, 2.24) is 0 Å². The van der Waals surface area contributed by atoms with Crippen molar-refractivity contribution in [3.05, 3.63) is 34.4 Å². The second kappa shape index (κ2) is 10.3. The first-order valence-electron chi connectivity index (χ1n) is 9.67. The normalized spacial score (nSPS) is 40.1. The van der Waals surface area contributed by atoms with Crippen molar-refractivity contribution in [2.75, 3.05) is 13.2 Å². The van der Waals surface area contributed by atoms with E-state index in [9.17, 15) is 45.9 Å². The zero-order chi connectivity index (χ0) is 23.6. The van der Waals surface area contributed by atoms with Crippen LogP contribution in [0, 0.1) is 10.1 Å². The minimum Gasteiger partial charge on any atom is -0.462 e. The zero-order valence-electron chi connectivity index (χ0n) is 16.5. The maximum absolute atomic E-state index is 10.8. The summed E-state index contributed by atoms with van der Waals surface area (Å²) in [5, 5.41) is 80.6. The van der Waals surface area contributed by atoms with Crippen LogP contribution >= 0.6 is 0 Å². The van der Waals surface area contributed by atoms with Gasteiger partial charge in [0.05, 0.1) is 18.1 Å². The van der Waals surface area contributed by atoms with Crippen molar-refractivity contribution in [2.24, 2.45) is 0 Å². The lowest BCUT2D eigenvalue weighted by Crippen LogP contribution is -2.65. The molecule has 0 amide bonds. The smallest absolute Gasteiger partial charge is 0.269 e. The molecule has 0 bridgehead atoms. The first kappa shape index (κ1) is 24.7. The highest BCUT2D eigenvalue weighted by atomic mass is 16.7. The van der Waals surface area contributed by atoms with Crippen molar-refractivity contribution in [3.63, 3.8) is 0 Å². The summed E-state index contributed by atoms with van der Waals surface area (Å²) in [5.41, 5.74) is -0.199. The van der Waals surface area contributed by atoms with Gasteiger partial charge >= 0.3 is 0 Å². The minimum absolute atomic E-state index is 0.0688. The lowest BCUT2D eigenvalue weighted by atomic mass is 9.97. The third-order valence-electron chi connectivity index (χ3n) is 5.26. The summed E-state index contributed by atoms with van der Waals surface area (Å²) in [6.45, 7) is -1.42. The molecule has 2 saturated heterocycles. The van der Waals surface area contributed by atoms with E-state index >= 15 is 0 Å². The molecule has 0 spiro atoms. The monoisotopic (exact) mass is 463 g/mol. The fourth-order valence-electron chi connectivity index (χ4n) is 3.43. The maximum atomic E-state index is 10.8. The van der Waals surface area contributed by atoms with Crippen LogP contribution in [-0.4, -0.2) is 115 Å². The van der Waals surface area contributed by atoms with Gasteiger partial charge in [0.2, 0.25) is 6.29 Å². The summed E-state index contributed by atoms with van der Waals surface area (Å²) >= 11 is 0. The van der Waals surface area contributed by atoms with E-state index in [1.54, 1.807) is 0 Å². The molecule has 1 aromatic rings. The Morgan fingerprint density at radius 2 is 1.38 bits per heavy atom. The number of ether oxygens (including phenoxy) is 4. The van der Waals surface area contributed by atoms with E-state index in [1.165, 1.54) is 12.1 Å². The van der Waals surface area contributed by atoms with E-state index in [2.05, 4.69) is 0 Å². The minimum atomic E-state index is -1.79. The number of hydrogen-bond acceptors (Lipinski definition) is 13. The summed E-state index contributed by atoms with van der Waals surface area (Å²) in [5.74, 6) is 0.0688. The highest BCUT2D eigenvalue weighted by molar-refractivity contribution is 5.36. The first-order chi connectivity index (χ1) is 15.2.